The monoisotopic (exact) mass is 166 g/mol. The van der Waals surface area contributed by atoms with Crippen molar-refractivity contribution < 1.29 is 17.8 Å². The lowest BCUT2D eigenvalue weighted by Crippen LogP contribution is -2.62. The molecule has 0 radical (unpaired) electrons. The molecule has 1 aliphatic heterocycles. The minimum Gasteiger partial charge on any atom is -0.318 e. The summed E-state index contributed by atoms with van der Waals surface area (Å²) >= 11 is 0. The van der Waals surface area contributed by atoms with Gasteiger partial charge in [0.1, 0.15) is 6.04 Å². The summed E-state index contributed by atoms with van der Waals surface area (Å²) in [6, 6.07) is -0.776. The molecule has 0 saturated carbocycles. The van der Waals surface area contributed by atoms with Gasteiger partial charge in [-0.3, -0.25) is 9.35 Å². The van der Waals surface area contributed by atoms with Gasteiger partial charge in [0.2, 0.25) is 0 Å². The van der Waals surface area contributed by atoms with Crippen molar-refractivity contribution in [3.63, 3.8) is 0 Å². The Bertz CT molecular complexity index is 258. The minimum atomic E-state index is -4.34. The third-order valence-electron chi connectivity index (χ3n) is 1.20. The molecule has 0 aromatic carbocycles. The van der Waals surface area contributed by atoms with Crippen molar-refractivity contribution in [1.29, 1.82) is 0 Å². The molecule has 1 heterocycles. The average molecular weight is 166 g/mol. The quantitative estimate of drug-likeness (QED) is 0.345. The van der Waals surface area contributed by atoms with Gasteiger partial charge in [-0.25, -0.2) is 4.31 Å². The number of hydrogen-bond acceptors (Lipinski definition) is 4. The summed E-state index contributed by atoms with van der Waals surface area (Å²) in [5.41, 5.74) is 5.04. The number of carbonyl (C=O) groups is 1. The van der Waals surface area contributed by atoms with Crippen LogP contribution < -0.4 is 5.73 Å². The molecule has 6 nitrogen and oxygen atoms in total. The second-order valence-corrected chi connectivity index (χ2v) is 3.29. The Morgan fingerprint density at radius 1 is 1.70 bits per heavy atom. The van der Waals surface area contributed by atoms with E-state index in [1.54, 1.807) is 0 Å². The molecule has 0 aromatic heterocycles. The maximum atomic E-state index is 10.5. The van der Waals surface area contributed by atoms with Gasteiger partial charge in [-0.15, -0.1) is 0 Å². The Morgan fingerprint density at radius 3 is 2.30 bits per heavy atom. The summed E-state index contributed by atoms with van der Waals surface area (Å²) in [5, 5.41) is 0. The van der Waals surface area contributed by atoms with Crippen molar-refractivity contribution in [2.45, 2.75) is 6.04 Å². The van der Waals surface area contributed by atoms with Crippen LogP contribution in [0.4, 0.5) is 0 Å². The number of hydrogen-bond donors (Lipinski definition) is 2. The van der Waals surface area contributed by atoms with E-state index >= 15 is 0 Å². The highest BCUT2D eigenvalue weighted by molar-refractivity contribution is 7.84. The van der Waals surface area contributed by atoms with E-state index in [9.17, 15) is 13.2 Å². The predicted molar refractivity (Wildman–Crippen MR) is 31.2 cm³/mol. The molecule has 7 heteroatoms. The lowest BCUT2D eigenvalue weighted by atomic mass is 10.2. The first-order valence-electron chi connectivity index (χ1n) is 2.47. The first-order valence-corrected chi connectivity index (χ1v) is 3.87. The number of rotatable bonds is 1. The Kier molecular flexibility index (Phi) is 1.42. The van der Waals surface area contributed by atoms with Gasteiger partial charge in [0, 0.05) is 0 Å². The molecule has 10 heavy (non-hydrogen) atoms. The summed E-state index contributed by atoms with van der Waals surface area (Å²) in [6.07, 6.45) is 0. The molecule has 0 aromatic rings. The highest BCUT2D eigenvalue weighted by Gasteiger charge is 2.40. The zero-order valence-corrected chi connectivity index (χ0v) is 5.71. The first kappa shape index (κ1) is 7.45. The van der Waals surface area contributed by atoms with Crippen LogP contribution in [0.25, 0.3) is 0 Å². The van der Waals surface area contributed by atoms with Crippen molar-refractivity contribution >= 4 is 16.2 Å². The van der Waals surface area contributed by atoms with Crippen LogP contribution in [0.3, 0.4) is 0 Å². The molecule has 0 bridgehead atoms. The van der Waals surface area contributed by atoms with Crippen molar-refractivity contribution in [3.05, 3.63) is 0 Å². The SMILES string of the molecule is N[C@H]1CN(S(=O)(=O)O)C1=O. The highest BCUT2D eigenvalue weighted by Crippen LogP contribution is 2.11. The number of carbonyl (C=O) groups excluding carboxylic acids is 1. The van der Waals surface area contributed by atoms with Crippen molar-refractivity contribution in [1.82, 2.24) is 4.31 Å². The van der Waals surface area contributed by atoms with Crippen LogP contribution in [0.15, 0.2) is 0 Å². The summed E-state index contributed by atoms with van der Waals surface area (Å²) in [7, 11) is -4.34. The Hall–Kier alpha value is -0.660. The van der Waals surface area contributed by atoms with Gasteiger partial charge in [-0.1, -0.05) is 0 Å². The molecule has 0 aliphatic carbocycles. The highest BCUT2D eigenvalue weighted by atomic mass is 32.2. The van der Waals surface area contributed by atoms with Crippen LogP contribution in [-0.2, 0) is 15.1 Å². The fourth-order valence-electron chi connectivity index (χ4n) is 0.627. The fourth-order valence-corrected chi connectivity index (χ4v) is 1.34. The molecule has 1 saturated heterocycles. The lowest BCUT2D eigenvalue weighted by molar-refractivity contribution is -0.135. The zero-order valence-electron chi connectivity index (χ0n) is 4.89. The lowest BCUT2D eigenvalue weighted by Gasteiger charge is -2.32. The van der Waals surface area contributed by atoms with E-state index in [2.05, 4.69) is 0 Å². The summed E-state index contributed by atoms with van der Waals surface area (Å²) in [5.74, 6) is -0.762. The summed E-state index contributed by atoms with van der Waals surface area (Å²) < 4.78 is 28.9. The molecule has 1 fully saturated rings. The van der Waals surface area contributed by atoms with E-state index in [4.69, 9.17) is 10.3 Å². The second kappa shape index (κ2) is 1.91. The Balaban J connectivity index is 2.75. The molecule has 0 unspecified atom stereocenters. The number of nitrogens with zero attached hydrogens (tertiary/aromatic N) is 1. The van der Waals surface area contributed by atoms with Gasteiger partial charge < -0.3 is 5.73 Å². The standard InChI is InChI=1S/C3H6N2O4S/c4-2-1-5(3(2)6)10(7,8)9/h2H,1,4H2,(H,7,8,9)/t2-/m0/s1. The maximum absolute atomic E-state index is 10.5. The van der Waals surface area contributed by atoms with Crippen molar-refractivity contribution in [2.24, 2.45) is 5.73 Å². The van der Waals surface area contributed by atoms with E-state index in [0.717, 1.165) is 0 Å². The Morgan fingerprint density at radius 2 is 2.20 bits per heavy atom. The van der Waals surface area contributed by atoms with Crippen molar-refractivity contribution in [2.75, 3.05) is 6.54 Å². The Labute approximate surface area is 57.5 Å². The van der Waals surface area contributed by atoms with E-state index in [1.807, 2.05) is 0 Å². The number of amides is 1. The van der Waals surface area contributed by atoms with Crippen LogP contribution >= 0.6 is 0 Å². The van der Waals surface area contributed by atoms with Gasteiger partial charge in [0.25, 0.3) is 5.91 Å². The second-order valence-electron chi connectivity index (χ2n) is 1.95. The van der Waals surface area contributed by atoms with E-state index in [1.165, 1.54) is 0 Å². The smallest absolute Gasteiger partial charge is 0.318 e. The molecule has 3 N–H and O–H groups in total. The van der Waals surface area contributed by atoms with Gasteiger partial charge >= 0.3 is 10.3 Å². The van der Waals surface area contributed by atoms with Crippen LogP contribution in [0, 0.1) is 0 Å². The molecule has 1 amide bonds. The molecule has 58 valence electrons. The van der Waals surface area contributed by atoms with Crippen LogP contribution in [0.5, 0.6) is 0 Å². The summed E-state index contributed by atoms with van der Waals surface area (Å²) in [6.45, 7) is -0.127. The van der Waals surface area contributed by atoms with Gasteiger partial charge in [0.15, 0.2) is 0 Å². The molecular weight excluding hydrogens is 160 g/mol. The molecular formula is C3H6N2O4S. The van der Waals surface area contributed by atoms with Crippen LogP contribution in [-0.4, -0.2) is 35.8 Å². The maximum Gasteiger partial charge on any atom is 0.362 e. The van der Waals surface area contributed by atoms with E-state index in [0.29, 0.717) is 4.31 Å². The fraction of sp³-hybridized carbons (Fsp3) is 0.667. The zero-order chi connectivity index (χ0) is 7.94. The van der Waals surface area contributed by atoms with Gasteiger partial charge in [-0.05, 0) is 0 Å². The van der Waals surface area contributed by atoms with Crippen LogP contribution in [0.2, 0.25) is 0 Å². The number of β-lactam (4-membered cyclic amide) rings is 1. The van der Waals surface area contributed by atoms with Gasteiger partial charge in [0.05, 0.1) is 6.54 Å². The summed E-state index contributed by atoms with van der Waals surface area (Å²) in [4.78, 5) is 10.5. The molecule has 1 rings (SSSR count). The van der Waals surface area contributed by atoms with Crippen LogP contribution in [0.1, 0.15) is 0 Å². The largest absolute Gasteiger partial charge is 0.362 e. The third-order valence-corrected chi connectivity index (χ3v) is 2.09. The number of nitrogens with two attached hydrogens (primary N) is 1. The van der Waals surface area contributed by atoms with Gasteiger partial charge in [-0.2, -0.15) is 8.42 Å². The normalized spacial score (nSPS) is 26.4. The van der Waals surface area contributed by atoms with E-state index < -0.39 is 22.3 Å². The first-order chi connectivity index (χ1) is 4.43. The van der Waals surface area contributed by atoms with Crippen molar-refractivity contribution in [3.8, 4) is 0 Å². The topological polar surface area (TPSA) is 101 Å². The minimum absolute atomic E-state index is 0.127. The molecule has 1 atom stereocenters. The average Bonchev–Trinajstić information content (AvgIpc) is 1.79. The molecule has 1 aliphatic rings. The predicted octanol–water partition coefficient (Wildman–Crippen LogP) is -2.04. The third kappa shape index (κ3) is 0.981. The van der Waals surface area contributed by atoms with E-state index in [-0.39, 0.29) is 6.54 Å². The molecule has 0 spiro atoms.